The smallest absolute Gasteiger partial charge is 0.246 e. The number of benzene rings is 1. The molecule has 1 aromatic rings. The Hall–Kier alpha value is -2.02. The van der Waals surface area contributed by atoms with E-state index in [-0.39, 0.29) is 5.91 Å². The minimum Gasteiger partial charge on any atom is -0.497 e. The Morgan fingerprint density at radius 2 is 2.12 bits per heavy atom. The van der Waals surface area contributed by atoms with Crippen LogP contribution in [0.2, 0.25) is 0 Å². The second kappa shape index (κ2) is 4.88. The van der Waals surface area contributed by atoms with Gasteiger partial charge >= 0.3 is 0 Å². The van der Waals surface area contributed by atoms with Crippen molar-refractivity contribution in [2.45, 2.75) is 13.8 Å². The van der Waals surface area contributed by atoms with Gasteiger partial charge in [0.25, 0.3) is 0 Å². The lowest BCUT2D eigenvalue weighted by atomic mass is 9.94. The number of rotatable bonds is 3. The van der Waals surface area contributed by atoms with E-state index in [1.54, 1.807) is 52.3 Å². The number of ether oxygens (including phenoxy) is 1. The Bertz CT molecular complexity index is 461. The summed E-state index contributed by atoms with van der Waals surface area (Å²) in [5.74, 6) is 0.435. The van der Waals surface area contributed by atoms with Gasteiger partial charge in [-0.25, -0.2) is 0 Å². The molecule has 0 atom stereocenters. The van der Waals surface area contributed by atoms with Crippen molar-refractivity contribution in [3.63, 3.8) is 0 Å². The molecule has 0 unspecified atom stereocenters. The second-order valence-corrected chi connectivity index (χ2v) is 4.30. The number of hydrogen-bond donors (Lipinski definition) is 0. The van der Waals surface area contributed by atoms with Gasteiger partial charge in [-0.2, -0.15) is 5.26 Å². The Morgan fingerprint density at radius 1 is 1.47 bits per heavy atom. The summed E-state index contributed by atoms with van der Waals surface area (Å²) in [6, 6.07) is 9.16. The van der Waals surface area contributed by atoms with Gasteiger partial charge in [-0.1, -0.05) is 6.07 Å². The zero-order valence-corrected chi connectivity index (χ0v) is 10.5. The fourth-order valence-electron chi connectivity index (χ4n) is 1.40. The van der Waals surface area contributed by atoms with Crippen LogP contribution < -0.4 is 9.64 Å². The molecule has 17 heavy (non-hydrogen) atoms. The Labute approximate surface area is 101 Å². The lowest BCUT2D eigenvalue weighted by molar-refractivity contribution is -0.123. The number of anilines is 1. The van der Waals surface area contributed by atoms with Crippen LogP contribution in [-0.4, -0.2) is 20.1 Å². The van der Waals surface area contributed by atoms with Crippen LogP contribution in [0.1, 0.15) is 13.8 Å². The Morgan fingerprint density at radius 3 is 2.65 bits per heavy atom. The van der Waals surface area contributed by atoms with Gasteiger partial charge in [0.1, 0.15) is 11.2 Å². The highest BCUT2D eigenvalue weighted by Crippen LogP contribution is 2.24. The van der Waals surface area contributed by atoms with Crippen molar-refractivity contribution in [2.75, 3.05) is 19.1 Å². The number of nitriles is 1. The predicted molar refractivity (Wildman–Crippen MR) is 65.8 cm³/mol. The Balaban J connectivity index is 3.01. The van der Waals surface area contributed by atoms with Gasteiger partial charge in [-0.05, 0) is 26.0 Å². The lowest BCUT2D eigenvalue weighted by Crippen LogP contribution is -2.37. The van der Waals surface area contributed by atoms with E-state index in [1.165, 1.54) is 4.90 Å². The monoisotopic (exact) mass is 232 g/mol. The zero-order valence-electron chi connectivity index (χ0n) is 10.5. The molecule has 0 aromatic heterocycles. The minimum absolute atomic E-state index is 0.242. The quantitative estimate of drug-likeness (QED) is 0.802. The maximum absolute atomic E-state index is 12.1. The molecule has 0 saturated heterocycles. The van der Waals surface area contributed by atoms with E-state index in [1.807, 2.05) is 6.07 Å². The van der Waals surface area contributed by atoms with Crippen LogP contribution >= 0.6 is 0 Å². The maximum atomic E-state index is 12.1. The molecule has 0 fully saturated rings. The third-order valence-electron chi connectivity index (χ3n) is 2.56. The van der Waals surface area contributed by atoms with E-state index in [2.05, 4.69) is 0 Å². The van der Waals surface area contributed by atoms with Crippen molar-refractivity contribution in [1.82, 2.24) is 0 Å². The summed E-state index contributed by atoms with van der Waals surface area (Å²) in [5.41, 5.74) is -0.324. The minimum atomic E-state index is -1.03. The fourth-order valence-corrected chi connectivity index (χ4v) is 1.40. The molecule has 0 bridgehead atoms. The molecule has 0 spiro atoms. The highest BCUT2D eigenvalue weighted by molar-refractivity contribution is 5.98. The van der Waals surface area contributed by atoms with E-state index in [9.17, 15) is 4.79 Å². The molecule has 0 aliphatic carbocycles. The molecule has 0 aliphatic heterocycles. The van der Waals surface area contributed by atoms with Crippen LogP contribution in [0.3, 0.4) is 0 Å². The predicted octanol–water partition coefficient (Wildman–Crippen LogP) is 2.21. The number of amides is 1. The Kier molecular flexibility index (Phi) is 3.74. The first-order chi connectivity index (χ1) is 7.92. The lowest BCUT2D eigenvalue weighted by Gasteiger charge is -2.24. The summed E-state index contributed by atoms with van der Waals surface area (Å²) < 4.78 is 5.09. The van der Waals surface area contributed by atoms with E-state index in [0.29, 0.717) is 11.4 Å². The molecular formula is C13H16N2O2. The highest BCUT2D eigenvalue weighted by Gasteiger charge is 2.31. The molecule has 0 heterocycles. The third kappa shape index (κ3) is 2.76. The summed E-state index contributed by atoms with van der Waals surface area (Å²) >= 11 is 0. The van der Waals surface area contributed by atoms with Gasteiger partial charge in [0, 0.05) is 18.8 Å². The largest absolute Gasteiger partial charge is 0.497 e. The van der Waals surface area contributed by atoms with Gasteiger partial charge in [0.2, 0.25) is 5.91 Å². The van der Waals surface area contributed by atoms with Crippen molar-refractivity contribution in [2.24, 2.45) is 5.41 Å². The van der Waals surface area contributed by atoms with Crippen molar-refractivity contribution >= 4 is 11.6 Å². The van der Waals surface area contributed by atoms with Crippen LogP contribution in [0.15, 0.2) is 24.3 Å². The first-order valence-electron chi connectivity index (χ1n) is 5.26. The van der Waals surface area contributed by atoms with Crippen LogP contribution in [0, 0.1) is 16.7 Å². The molecule has 0 aliphatic rings. The molecule has 4 nitrogen and oxygen atoms in total. The van der Waals surface area contributed by atoms with Crippen molar-refractivity contribution < 1.29 is 9.53 Å². The van der Waals surface area contributed by atoms with Gasteiger partial charge in [0.05, 0.1) is 13.2 Å². The first-order valence-corrected chi connectivity index (χ1v) is 5.26. The molecule has 0 saturated carbocycles. The average Bonchev–Trinajstić information content (AvgIpc) is 2.37. The van der Waals surface area contributed by atoms with Crippen LogP contribution in [-0.2, 0) is 4.79 Å². The summed E-state index contributed by atoms with van der Waals surface area (Å²) in [4.78, 5) is 13.5. The standard InChI is InChI=1S/C13H16N2O2/c1-13(2,9-14)12(16)15(3)10-6-5-7-11(8-10)17-4/h5-8H,1-4H3. The molecule has 0 N–H and O–H groups in total. The number of carbonyl (C=O) groups excluding carboxylic acids is 1. The third-order valence-corrected chi connectivity index (χ3v) is 2.56. The van der Waals surface area contributed by atoms with E-state index >= 15 is 0 Å². The van der Waals surface area contributed by atoms with Crippen molar-refractivity contribution in [3.8, 4) is 11.8 Å². The number of carbonyl (C=O) groups is 1. The molecule has 1 rings (SSSR count). The van der Waals surface area contributed by atoms with Crippen LogP contribution in [0.4, 0.5) is 5.69 Å². The van der Waals surface area contributed by atoms with Crippen LogP contribution in [0.25, 0.3) is 0 Å². The van der Waals surface area contributed by atoms with Gasteiger partial charge in [0.15, 0.2) is 0 Å². The number of hydrogen-bond acceptors (Lipinski definition) is 3. The number of nitrogens with zero attached hydrogens (tertiary/aromatic N) is 2. The fraction of sp³-hybridized carbons (Fsp3) is 0.385. The van der Waals surface area contributed by atoms with Gasteiger partial charge < -0.3 is 9.64 Å². The van der Waals surface area contributed by atoms with E-state index in [0.717, 1.165) is 0 Å². The van der Waals surface area contributed by atoms with Crippen LogP contribution in [0.5, 0.6) is 5.75 Å². The molecule has 90 valence electrons. The van der Waals surface area contributed by atoms with Crippen molar-refractivity contribution in [1.29, 1.82) is 5.26 Å². The topological polar surface area (TPSA) is 53.3 Å². The summed E-state index contributed by atoms with van der Waals surface area (Å²) in [6.45, 7) is 3.21. The van der Waals surface area contributed by atoms with Gasteiger partial charge in [-0.15, -0.1) is 0 Å². The average molecular weight is 232 g/mol. The summed E-state index contributed by atoms with van der Waals surface area (Å²) in [7, 11) is 3.22. The first kappa shape index (κ1) is 13.0. The van der Waals surface area contributed by atoms with Gasteiger partial charge in [-0.3, -0.25) is 4.79 Å². The highest BCUT2D eigenvalue weighted by atomic mass is 16.5. The summed E-state index contributed by atoms with van der Waals surface area (Å²) in [6.07, 6.45) is 0. The van der Waals surface area contributed by atoms with E-state index < -0.39 is 5.41 Å². The molecule has 1 amide bonds. The van der Waals surface area contributed by atoms with E-state index in [4.69, 9.17) is 10.00 Å². The molecule has 4 heteroatoms. The van der Waals surface area contributed by atoms with Crippen molar-refractivity contribution in [3.05, 3.63) is 24.3 Å². The normalized spacial score (nSPS) is 10.5. The number of methoxy groups -OCH3 is 1. The second-order valence-electron chi connectivity index (χ2n) is 4.30. The molecular weight excluding hydrogens is 216 g/mol. The maximum Gasteiger partial charge on any atom is 0.246 e. The molecule has 1 aromatic carbocycles. The molecule has 0 radical (unpaired) electrons. The zero-order chi connectivity index (χ0) is 13.1. The summed E-state index contributed by atoms with van der Waals surface area (Å²) in [5, 5.41) is 8.94. The SMILES string of the molecule is COc1cccc(N(C)C(=O)C(C)(C)C#N)c1.